The Balaban J connectivity index is 2.58. The fourth-order valence-electron chi connectivity index (χ4n) is 2.67. The Bertz CT molecular complexity index is 757. The Morgan fingerprint density at radius 3 is 2.46 bits per heavy atom. The van der Waals surface area contributed by atoms with Crippen LogP contribution in [0.15, 0.2) is 23.9 Å². The molecule has 1 N–H and O–H groups in total. The van der Waals surface area contributed by atoms with Gasteiger partial charge in [-0.05, 0) is 24.6 Å². The molecular weight excluding hydrogens is 353 g/mol. The van der Waals surface area contributed by atoms with Crippen molar-refractivity contribution >= 4 is 11.7 Å². The molecule has 0 spiro atoms. The smallest absolute Gasteiger partial charge is 0.471 e. The summed E-state index contributed by atoms with van der Waals surface area (Å²) in [6.07, 6.45) is -3.68. The minimum absolute atomic E-state index is 0.0262. The second-order valence-electron chi connectivity index (χ2n) is 5.80. The Kier molecular flexibility index (Phi) is 5.48. The molecule has 0 heterocycles. The van der Waals surface area contributed by atoms with E-state index >= 15 is 0 Å². The Morgan fingerprint density at radius 1 is 1.31 bits per heavy atom. The highest BCUT2D eigenvalue weighted by molar-refractivity contribution is 6.15. The van der Waals surface area contributed by atoms with Gasteiger partial charge in [0, 0.05) is 31.4 Å². The van der Waals surface area contributed by atoms with E-state index in [-0.39, 0.29) is 22.4 Å². The third kappa shape index (κ3) is 3.76. The first-order valence-corrected chi connectivity index (χ1v) is 7.75. The van der Waals surface area contributed by atoms with E-state index in [1.807, 2.05) is 5.32 Å². The van der Waals surface area contributed by atoms with Crippen LogP contribution in [0.1, 0.15) is 28.9 Å². The lowest BCUT2D eigenvalue weighted by molar-refractivity contribution is -0.174. The predicted molar refractivity (Wildman–Crippen MR) is 87.2 cm³/mol. The van der Waals surface area contributed by atoms with Gasteiger partial charge in [-0.1, -0.05) is 0 Å². The summed E-state index contributed by atoms with van der Waals surface area (Å²) in [5, 5.41) is 1.89. The summed E-state index contributed by atoms with van der Waals surface area (Å²) in [5.41, 5.74) is 0.411. The molecule has 0 saturated heterocycles. The average Bonchev–Trinajstić information content (AvgIpc) is 2.78. The molecule has 0 saturated carbocycles. The van der Waals surface area contributed by atoms with Crippen LogP contribution >= 0.6 is 0 Å². The van der Waals surface area contributed by atoms with Crippen molar-refractivity contribution in [1.82, 2.24) is 10.2 Å². The average molecular weight is 372 g/mol. The van der Waals surface area contributed by atoms with Crippen molar-refractivity contribution in [3.05, 3.63) is 35.0 Å². The summed E-state index contributed by atoms with van der Waals surface area (Å²) < 4.78 is 48.7. The molecule has 0 aromatic heterocycles. The lowest BCUT2D eigenvalue weighted by Crippen LogP contribution is -2.39. The fourth-order valence-corrected chi connectivity index (χ4v) is 2.67. The number of Topliss-reactive ketones (excluding diaryl/α,β-unsaturated/α-hetero) is 1. The van der Waals surface area contributed by atoms with Crippen molar-refractivity contribution in [2.45, 2.75) is 19.1 Å². The molecule has 9 heteroatoms. The molecule has 26 heavy (non-hydrogen) atoms. The normalized spacial score (nSPS) is 17.9. The number of halogens is 3. The maximum atomic E-state index is 12.7. The Labute approximate surface area is 148 Å². The van der Waals surface area contributed by atoms with Crippen molar-refractivity contribution in [3.8, 4) is 11.5 Å². The summed E-state index contributed by atoms with van der Waals surface area (Å²) in [6, 6.07) is 1.60. The summed E-state index contributed by atoms with van der Waals surface area (Å²) in [4.78, 5) is 25.7. The molecule has 2 rings (SSSR count). The molecule has 0 radical (unpaired) electrons. The van der Waals surface area contributed by atoms with Crippen molar-refractivity contribution in [1.29, 1.82) is 0 Å². The minimum atomic E-state index is -5.07. The Morgan fingerprint density at radius 2 is 1.96 bits per heavy atom. The number of benzene rings is 1. The molecule has 142 valence electrons. The standard InChI is InChI=1S/C17H19F3N2O4/c1-5-26-13-7-10-9(6-12(13)25-4)14(21-16(24)17(18,19)20)11(15(10)23)8-22(2)3/h6-8,14H,5H2,1-4H3,(H,21,24)/t14-/m0/s1. The van der Waals surface area contributed by atoms with Gasteiger partial charge in [0.2, 0.25) is 0 Å². The number of ether oxygens (including phenoxy) is 2. The largest absolute Gasteiger partial charge is 0.493 e. The zero-order valence-electron chi connectivity index (χ0n) is 14.7. The van der Waals surface area contributed by atoms with E-state index in [1.165, 1.54) is 30.3 Å². The number of nitrogens with one attached hydrogen (secondary N) is 1. The topological polar surface area (TPSA) is 67.9 Å². The van der Waals surface area contributed by atoms with Crippen LogP contribution in [0.2, 0.25) is 0 Å². The number of amides is 1. The fraction of sp³-hybridized carbons (Fsp3) is 0.412. The quantitative estimate of drug-likeness (QED) is 0.805. The minimum Gasteiger partial charge on any atom is -0.493 e. The SMILES string of the molecule is CCOc1cc2c(cc1OC)[C@H](NC(=O)C(F)(F)F)C(=CN(C)C)C2=O. The summed E-state index contributed by atoms with van der Waals surface area (Å²) in [7, 11) is 4.62. The second-order valence-corrected chi connectivity index (χ2v) is 5.80. The van der Waals surface area contributed by atoms with Crippen LogP contribution in [0.5, 0.6) is 11.5 Å². The van der Waals surface area contributed by atoms with Crippen LogP contribution < -0.4 is 14.8 Å². The van der Waals surface area contributed by atoms with Crippen molar-refractivity contribution in [2.24, 2.45) is 0 Å². The van der Waals surface area contributed by atoms with E-state index in [0.29, 0.717) is 12.4 Å². The molecule has 1 aliphatic rings. The lowest BCUT2D eigenvalue weighted by atomic mass is 10.1. The second kappa shape index (κ2) is 7.27. The van der Waals surface area contributed by atoms with E-state index in [1.54, 1.807) is 21.0 Å². The molecular formula is C17H19F3N2O4. The van der Waals surface area contributed by atoms with Gasteiger partial charge in [-0.25, -0.2) is 0 Å². The van der Waals surface area contributed by atoms with Crippen LogP contribution in [0.3, 0.4) is 0 Å². The van der Waals surface area contributed by atoms with Crippen LogP contribution in [0, 0.1) is 0 Å². The number of methoxy groups -OCH3 is 1. The third-order valence-electron chi connectivity index (χ3n) is 3.69. The molecule has 0 aliphatic heterocycles. The highest BCUT2D eigenvalue weighted by atomic mass is 19.4. The lowest BCUT2D eigenvalue weighted by Gasteiger charge is -2.19. The van der Waals surface area contributed by atoms with Crippen molar-refractivity contribution in [2.75, 3.05) is 27.8 Å². The highest BCUT2D eigenvalue weighted by Crippen LogP contribution is 2.42. The molecule has 6 nitrogen and oxygen atoms in total. The number of hydrogen-bond acceptors (Lipinski definition) is 5. The first-order valence-electron chi connectivity index (χ1n) is 7.75. The van der Waals surface area contributed by atoms with Gasteiger partial charge in [-0.2, -0.15) is 13.2 Å². The number of ketones is 1. The van der Waals surface area contributed by atoms with E-state index in [0.717, 1.165) is 0 Å². The van der Waals surface area contributed by atoms with E-state index < -0.39 is 23.9 Å². The van der Waals surface area contributed by atoms with E-state index in [2.05, 4.69) is 0 Å². The number of carbonyl (C=O) groups excluding carboxylic acids is 2. The number of hydrogen-bond donors (Lipinski definition) is 1. The highest BCUT2D eigenvalue weighted by Gasteiger charge is 2.44. The number of fused-ring (bicyclic) bond motifs is 1. The number of carbonyl (C=O) groups is 2. The third-order valence-corrected chi connectivity index (χ3v) is 3.69. The molecule has 0 unspecified atom stereocenters. The summed E-state index contributed by atoms with van der Waals surface area (Å²) in [5.74, 6) is -2.05. The van der Waals surface area contributed by atoms with Gasteiger partial charge in [-0.3, -0.25) is 9.59 Å². The van der Waals surface area contributed by atoms with Crippen LogP contribution in [-0.2, 0) is 4.79 Å². The number of rotatable bonds is 5. The van der Waals surface area contributed by atoms with Crippen molar-refractivity contribution < 1.29 is 32.2 Å². The van der Waals surface area contributed by atoms with Gasteiger partial charge in [0.1, 0.15) is 0 Å². The monoisotopic (exact) mass is 372 g/mol. The van der Waals surface area contributed by atoms with E-state index in [4.69, 9.17) is 9.47 Å². The molecule has 1 aliphatic carbocycles. The molecule has 0 bridgehead atoms. The first kappa shape index (κ1) is 19.6. The van der Waals surface area contributed by atoms with Gasteiger partial charge in [-0.15, -0.1) is 0 Å². The maximum Gasteiger partial charge on any atom is 0.471 e. The van der Waals surface area contributed by atoms with Crippen molar-refractivity contribution in [3.63, 3.8) is 0 Å². The molecule has 1 aromatic rings. The predicted octanol–water partition coefficient (Wildman–Crippen LogP) is 2.46. The summed E-state index contributed by atoms with van der Waals surface area (Å²) >= 11 is 0. The maximum absolute atomic E-state index is 12.7. The molecule has 1 atom stereocenters. The molecule has 1 aromatic carbocycles. The zero-order valence-corrected chi connectivity index (χ0v) is 14.7. The zero-order chi connectivity index (χ0) is 19.6. The molecule has 1 amide bonds. The van der Waals surface area contributed by atoms with Crippen LogP contribution in [-0.4, -0.2) is 50.6 Å². The molecule has 0 fully saturated rings. The van der Waals surface area contributed by atoms with Gasteiger partial charge in [0.15, 0.2) is 17.3 Å². The van der Waals surface area contributed by atoms with Gasteiger partial charge in [0.05, 0.1) is 19.8 Å². The Hall–Kier alpha value is -2.71. The van der Waals surface area contributed by atoms with Gasteiger partial charge >= 0.3 is 12.1 Å². The van der Waals surface area contributed by atoms with Gasteiger partial charge < -0.3 is 19.7 Å². The first-order chi connectivity index (χ1) is 12.1. The number of alkyl halides is 3. The van der Waals surface area contributed by atoms with Crippen LogP contribution in [0.25, 0.3) is 0 Å². The van der Waals surface area contributed by atoms with Gasteiger partial charge in [0.25, 0.3) is 0 Å². The van der Waals surface area contributed by atoms with E-state index in [9.17, 15) is 22.8 Å². The summed E-state index contributed by atoms with van der Waals surface area (Å²) in [6.45, 7) is 2.07. The number of nitrogens with zero attached hydrogens (tertiary/aromatic N) is 1. The van der Waals surface area contributed by atoms with Crippen LogP contribution in [0.4, 0.5) is 13.2 Å².